The van der Waals surface area contributed by atoms with Crippen LogP contribution in [0.25, 0.3) is 10.2 Å². The van der Waals surface area contributed by atoms with Crippen LogP contribution in [0, 0.1) is 11.3 Å². The molecular formula is C33H36N4O2S2. The van der Waals surface area contributed by atoms with Crippen molar-refractivity contribution in [3.05, 3.63) is 82.9 Å². The molecular weight excluding hydrogens is 549 g/mol. The number of carbonyl (C=O) groups is 1. The van der Waals surface area contributed by atoms with Crippen LogP contribution >= 0.6 is 23.1 Å². The number of hydrogen-bond acceptors (Lipinski definition) is 7. The third kappa shape index (κ3) is 5.99. The highest BCUT2D eigenvalue weighted by atomic mass is 32.2. The SMILES string of the molecule is COc1ccc(C(C)N(C)CCCC(C#N)(Sc2ccccc2)c2ccc3ncsc3c2)c2c1N(C(C)=O)CCC2. The van der Waals surface area contributed by atoms with Crippen LogP contribution in [0.3, 0.4) is 0 Å². The maximum absolute atomic E-state index is 12.4. The lowest BCUT2D eigenvalue weighted by Gasteiger charge is -2.35. The van der Waals surface area contributed by atoms with Crippen LogP contribution in [0.1, 0.15) is 55.8 Å². The molecule has 3 aromatic carbocycles. The van der Waals surface area contributed by atoms with Crippen LogP contribution < -0.4 is 9.64 Å². The van der Waals surface area contributed by atoms with Crippen LogP contribution in [0.5, 0.6) is 5.75 Å². The molecule has 1 aliphatic rings. The van der Waals surface area contributed by atoms with Gasteiger partial charge < -0.3 is 9.64 Å². The topological polar surface area (TPSA) is 69.5 Å². The summed E-state index contributed by atoms with van der Waals surface area (Å²) in [5.74, 6) is 0.797. The number of thioether (sulfide) groups is 1. The molecule has 1 amide bonds. The number of anilines is 1. The molecule has 1 aromatic heterocycles. The van der Waals surface area contributed by atoms with Gasteiger partial charge in [-0.25, -0.2) is 4.98 Å². The molecule has 0 saturated heterocycles. The molecule has 0 aliphatic carbocycles. The largest absolute Gasteiger partial charge is 0.495 e. The minimum Gasteiger partial charge on any atom is -0.495 e. The summed E-state index contributed by atoms with van der Waals surface area (Å²) in [7, 11) is 3.81. The third-order valence-electron chi connectivity index (χ3n) is 8.12. The summed E-state index contributed by atoms with van der Waals surface area (Å²) in [6.07, 6.45) is 3.43. The van der Waals surface area contributed by atoms with Crippen molar-refractivity contribution in [1.82, 2.24) is 9.88 Å². The number of carbonyl (C=O) groups excluding carboxylic acids is 1. The summed E-state index contributed by atoms with van der Waals surface area (Å²) in [6, 6.07) is 23.5. The highest BCUT2D eigenvalue weighted by Gasteiger charge is 2.34. The lowest BCUT2D eigenvalue weighted by atomic mass is 9.91. The summed E-state index contributed by atoms with van der Waals surface area (Å²) >= 11 is 3.24. The Hall–Kier alpha value is -3.38. The zero-order valence-electron chi connectivity index (χ0n) is 24.1. The lowest BCUT2D eigenvalue weighted by Crippen LogP contribution is -2.35. The summed E-state index contributed by atoms with van der Waals surface area (Å²) in [5.41, 5.74) is 7.20. The minimum absolute atomic E-state index is 0.0442. The molecule has 8 heteroatoms. The standard InChI is InChI=1S/C33H36N4O2S2/c1-23(27-14-16-30(39-4)32-28(27)12-8-19-37(32)24(2)38)36(3)18-9-17-33(21-34,41-26-10-6-5-7-11-26)25-13-15-29-31(20-25)40-22-35-29/h5-7,10-11,13-16,20,22-23H,8-9,12,17-19H2,1-4H3. The van der Waals surface area contributed by atoms with Crippen molar-refractivity contribution in [2.45, 2.75) is 55.2 Å². The number of hydrogen-bond donors (Lipinski definition) is 0. The second kappa shape index (κ2) is 12.6. The van der Waals surface area contributed by atoms with Gasteiger partial charge in [-0.2, -0.15) is 5.26 Å². The van der Waals surface area contributed by atoms with E-state index in [1.54, 1.807) is 37.1 Å². The van der Waals surface area contributed by atoms with E-state index in [0.29, 0.717) is 6.42 Å². The Kier molecular flexibility index (Phi) is 8.98. The number of fused-ring (bicyclic) bond motifs is 2. The van der Waals surface area contributed by atoms with Crippen LogP contribution in [0.4, 0.5) is 5.69 Å². The van der Waals surface area contributed by atoms with Crippen molar-refractivity contribution in [1.29, 1.82) is 5.26 Å². The Morgan fingerprint density at radius 1 is 1.24 bits per heavy atom. The Morgan fingerprint density at radius 3 is 2.78 bits per heavy atom. The van der Waals surface area contributed by atoms with E-state index in [-0.39, 0.29) is 11.9 Å². The van der Waals surface area contributed by atoms with Gasteiger partial charge in [-0.15, -0.1) is 11.3 Å². The molecule has 4 aromatic rings. The van der Waals surface area contributed by atoms with E-state index in [1.807, 2.05) is 40.7 Å². The van der Waals surface area contributed by atoms with E-state index in [0.717, 1.165) is 64.5 Å². The first-order valence-electron chi connectivity index (χ1n) is 14.0. The Bertz CT molecular complexity index is 1560. The Labute approximate surface area is 251 Å². The predicted molar refractivity (Wildman–Crippen MR) is 169 cm³/mol. The highest BCUT2D eigenvalue weighted by Crippen LogP contribution is 2.46. The monoisotopic (exact) mass is 584 g/mol. The smallest absolute Gasteiger partial charge is 0.223 e. The van der Waals surface area contributed by atoms with Gasteiger partial charge in [0.05, 0.1) is 34.6 Å². The number of aromatic nitrogens is 1. The highest BCUT2D eigenvalue weighted by molar-refractivity contribution is 8.00. The third-order valence-corrected chi connectivity index (χ3v) is 10.3. The normalized spacial score (nSPS) is 15.3. The molecule has 212 valence electrons. The summed E-state index contributed by atoms with van der Waals surface area (Å²) < 4.78 is 6.06. The van der Waals surface area contributed by atoms with Crippen molar-refractivity contribution in [2.75, 3.05) is 32.1 Å². The van der Waals surface area contributed by atoms with Gasteiger partial charge in [-0.05, 0) is 93.2 Å². The zero-order chi connectivity index (χ0) is 29.0. The first-order chi connectivity index (χ1) is 19.9. The fraction of sp³-hybridized carbons (Fsp3) is 0.364. The summed E-state index contributed by atoms with van der Waals surface area (Å²) in [4.78, 5) is 22.2. The van der Waals surface area contributed by atoms with Gasteiger partial charge in [0, 0.05) is 24.4 Å². The van der Waals surface area contributed by atoms with E-state index in [1.165, 1.54) is 11.1 Å². The van der Waals surface area contributed by atoms with Crippen molar-refractivity contribution in [3.63, 3.8) is 0 Å². The van der Waals surface area contributed by atoms with Gasteiger partial charge >= 0.3 is 0 Å². The molecule has 0 radical (unpaired) electrons. The molecule has 0 N–H and O–H groups in total. The maximum Gasteiger partial charge on any atom is 0.223 e. The molecule has 0 fully saturated rings. The minimum atomic E-state index is -0.717. The maximum atomic E-state index is 12.4. The molecule has 2 unspecified atom stereocenters. The van der Waals surface area contributed by atoms with Gasteiger partial charge in [0.15, 0.2) is 0 Å². The van der Waals surface area contributed by atoms with E-state index in [4.69, 9.17) is 4.74 Å². The molecule has 2 atom stereocenters. The molecule has 2 heterocycles. The van der Waals surface area contributed by atoms with E-state index >= 15 is 0 Å². The van der Waals surface area contributed by atoms with Crippen molar-refractivity contribution >= 4 is 44.9 Å². The first kappa shape index (κ1) is 29.1. The molecule has 41 heavy (non-hydrogen) atoms. The number of methoxy groups -OCH3 is 1. The average Bonchev–Trinajstić information content (AvgIpc) is 3.48. The predicted octanol–water partition coefficient (Wildman–Crippen LogP) is 7.59. The number of rotatable bonds is 10. The second-order valence-electron chi connectivity index (χ2n) is 10.6. The fourth-order valence-electron chi connectivity index (χ4n) is 5.79. The second-order valence-corrected chi connectivity index (χ2v) is 12.9. The van der Waals surface area contributed by atoms with E-state index in [9.17, 15) is 10.1 Å². The fourth-order valence-corrected chi connectivity index (χ4v) is 7.74. The average molecular weight is 585 g/mol. The molecule has 0 spiro atoms. The van der Waals surface area contributed by atoms with Crippen LogP contribution in [0.2, 0.25) is 0 Å². The van der Waals surface area contributed by atoms with E-state index in [2.05, 4.69) is 60.3 Å². The van der Waals surface area contributed by atoms with Crippen LogP contribution in [-0.2, 0) is 16.0 Å². The van der Waals surface area contributed by atoms with Gasteiger partial charge in [0.1, 0.15) is 10.5 Å². The van der Waals surface area contributed by atoms with Crippen molar-refractivity contribution in [3.8, 4) is 11.8 Å². The molecule has 0 bridgehead atoms. The van der Waals surface area contributed by atoms with Crippen molar-refractivity contribution in [2.24, 2.45) is 0 Å². The zero-order valence-corrected chi connectivity index (χ0v) is 25.7. The molecule has 0 saturated carbocycles. The van der Waals surface area contributed by atoms with Gasteiger partial charge in [0.2, 0.25) is 5.91 Å². The van der Waals surface area contributed by atoms with Gasteiger partial charge in [-0.3, -0.25) is 9.69 Å². The first-order valence-corrected chi connectivity index (χ1v) is 15.7. The van der Waals surface area contributed by atoms with Gasteiger partial charge in [-0.1, -0.05) is 42.1 Å². The number of amides is 1. The molecule has 1 aliphatic heterocycles. The molecule has 6 nitrogen and oxygen atoms in total. The van der Waals surface area contributed by atoms with Crippen LogP contribution in [0.15, 0.2) is 71.1 Å². The summed E-state index contributed by atoms with van der Waals surface area (Å²) in [5, 5.41) is 10.7. The Balaban J connectivity index is 1.38. The van der Waals surface area contributed by atoms with Crippen molar-refractivity contribution < 1.29 is 9.53 Å². The number of nitrogens with zero attached hydrogens (tertiary/aromatic N) is 4. The quantitative estimate of drug-likeness (QED) is 0.179. The summed E-state index contributed by atoms with van der Waals surface area (Å²) in [6.45, 7) is 5.40. The molecule has 5 rings (SSSR count). The van der Waals surface area contributed by atoms with Gasteiger partial charge in [0.25, 0.3) is 0 Å². The number of benzene rings is 3. The Morgan fingerprint density at radius 2 is 2.05 bits per heavy atom. The lowest BCUT2D eigenvalue weighted by molar-refractivity contribution is -0.116. The van der Waals surface area contributed by atoms with Crippen LogP contribution in [-0.4, -0.2) is 43.0 Å². The number of thiazole rings is 1. The van der Waals surface area contributed by atoms with E-state index < -0.39 is 4.75 Å². The number of nitriles is 1. The number of ether oxygens (including phenoxy) is 1.